The highest BCUT2D eigenvalue weighted by Crippen LogP contribution is 2.25. The van der Waals surface area contributed by atoms with Crippen LogP contribution in [0.4, 0.5) is 4.79 Å². The lowest BCUT2D eigenvalue weighted by Gasteiger charge is -2.13. The number of carbonyl (C=O) groups is 3. The number of imide groups is 2. The van der Waals surface area contributed by atoms with Crippen molar-refractivity contribution in [3.8, 4) is 11.5 Å². The molecule has 0 unspecified atom stereocenters. The van der Waals surface area contributed by atoms with Crippen molar-refractivity contribution in [2.45, 2.75) is 0 Å². The molecule has 5 N–H and O–H groups in total. The lowest BCUT2D eigenvalue weighted by Crippen LogP contribution is -2.51. The zero-order chi connectivity index (χ0) is 15.6. The molecule has 21 heavy (non-hydrogen) atoms. The third kappa shape index (κ3) is 3.18. The predicted octanol–water partition coefficient (Wildman–Crippen LogP) is 0.289. The molecule has 0 bridgehead atoms. The summed E-state index contributed by atoms with van der Waals surface area (Å²) in [5.41, 5.74) is -0.112. The Hall–Kier alpha value is -3.29. The molecule has 1 aromatic carbocycles. The molecular weight excluding hydrogens is 280 g/mol. The summed E-state index contributed by atoms with van der Waals surface area (Å²) >= 11 is 0. The highest BCUT2D eigenvalue weighted by molar-refractivity contribution is 6.29. The molecule has 0 aliphatic carbocycles. The van der Waals surface area contributed by atoms with Crippen molar-refractivity contribution in [1.82, 2.24) is 10.6 Å². The summed E-state index contributed by atoms with van der Waals surface area (Å²) in [5.74, 6) is -3.03. The normalized spacial score (nSPS) is 15.5. The third-order valence-electron chi connectivity index (χ3n) is 2.55. The molecule has 1 aromatic rings. The van der Waals surface area contributed by atoms with Gasteiger partial charge in [-0.15, -0.1) is 0 Å². The number of phenols is 2. The molecular formula is C13H10N2O6. The van der Waals surface area contributed by atoms with Gasteiger partial charge < -0.3 is 15.3 Å². The van der Waals surface area contributed by atoms with Crippen molar-refractivity contribution in [1.29, 1.82) is 0 Å². The Morgan fingerprint density at radius 2 is 1.62 bits per heavy atom. The van der Waals surface area contributed by atoms with Gasteiger partial charge in [-0.2, -0.15) is 0 Å². The van der Waals surface area contributed by atoms with Crippen LogP contribution in [0.2, 0.25) is 0 Å². The fraction of sp³-hybridized carbons (Fsp3) is 0. The number of benzene rings is 1. The Kier molecular flexibility index (Phi) is 3.61. The maximum Gasteiger partial charge on any atom is 0.328 e. The highest BCUT2D eigenvalue weighted by Gasteiger charge is 2.27. The molecule has 108 valence electrons. The van der Waals surface area contributed by atoms with Gasteiger partial charge in [-0.1, -0.05) is 6.07 Å². The van der Waals surface area contributed by atoms with Gasteiger partial charge >= 0.3 is 6.03 Å². The number of hydrogen-bond acceptors (Lipinski definition) is 6. The molecule has 1 aliphatic heterocycles. The lowest BCUT2D eigenvalue weighted by atomic mass is 10.1. The smallest absolute Gasteiger partial charge is 0.328 e. The van der Waals surface area contributed by atoms with E-state index in [4.69, 9.17) is 5.11 Å². The third-order valence-corrected chi connectivity index (χ3v) is 2.55. The number of carbonyl (C=O) groups excluding carboxylic acids is 3. The first-order valence-corrected chi connectivity index (χ1v) is 5.68. The van der Waals surface area contributed by atoms with Crippen molar-refractivity contribution in [2.24, 2.45) is 0 Å². The molecule has 1 fully saturated rings. The SMILES string of the molecule is O=C1NC(=O)C(=C/C(O)=C/c2ccc(O)c(O)c2)C(=O)N1. The number of aliphatic hydroxyl groups is 1. The minimum absolute atomic E-state index is 0.324. The fourth-order valence-corrected chi connectivity index (χ4v) is 1.60. The molecule has 0 radical (unpaired) electrons. The van der Waals surface area contributed by atoms with Crippen molar-refractivity contribution in [2.75, 3.05) is 0 Å². The van der Waals surface area contributed by atoms with Gasteiger partial charge in [0.15, 0.2) is 11.5 Å². The van der Waals surface area contributed by atoms with Crippen molar-refractivity contribution in [3.05, 3.63) is 41.2 Å². The molecule has 8 heteroatoms. The van der Waals surface area contributed by atoms with E-state index in [1.54, 1.807) is 0 Å². The van der Waals surface area contributed by atoms with E-state index in [1.165, 1.54) is 18.2 Å². The Morgan fingerprint density at radius 1 is 1.00 bits per heavy atom. The van der Waals surface area contributed by atoms with E-state index in [2.05, 4.69) is 0 Å². The molecule has 8 nitrogen and oxygen atoms in total. The Bertz CT molecular complexity index is 683. The number of aromatic hydroxyl groups is 2. The lowest BCUT2D eigenvalue weighted by molar-refractivity contribution is -0.124. The molecule has 0 atom stereocenters. The van der Waals surface area contributed by atoms with Crippen LogP contribution in [-0.2, 0) is 9.59 Å². The molecule has 0 spiro atoms. The van der Waals surface area contributed by atoms with E-state index < -0.39 is 29.2 Å². The van der Waals surface area contributed by atoms with Crippen LogP contribution < -0.4 is 10.6 Å². The topological polar surface area (TPSA) is 136 Å². The first-order valence-electron chi connectivity index (χ1n) is 5.68. The molecule has 0 aromatic heterocycles. The first kappa shape index (κ1) is 14.1. The van der Waals surface area contributed by atoms with E-state index in [0.29, 0.717) is 5.56 Å². The molecule has 0 saturated carbocycles. The first-order chi connectivity index (χ1) is 9.86. The van der Waals surface area contributed by atoms with Gasteiger partial charge in [0.25, 0.3) is 11.8 Å². The summed E-state index contributed by atoms with van der Waals surface area (Å²) in [7, 11) is 0. The summed E-state index contributed by atoms with van der Waals surface area (Å²) in [6.45, 7) is 0. The average Bonchev–Trinajstić information content (AvgIpc) is 2.38. The van der Waals surface area contributed by atoms with Gasteiger partial charge in [0.2, 0.25) is 0 Å². The van der Waals surface area contributed by atoms with Gasteiger partial charge in [0.1, 0.15) is 11.3 Å². The van der Waals surface area contributed by atoms with Crippen LogP contribution in [0.5, 0.6) is 11.5 Å². The monoisotopic (exact) mass is 290 g/mol. The Balaban J connectivity index is 2.28. The largest absolute Gasteiger partial charge is 0.508 e. The number of hydrogen-bond donors (Lipinski definition) is 5. The maximum atomic E-state index is 11.4. The highest BCUT2D eigenvalue weighted by atomic mass is 16.3. The number of nitrogens with one attached hydrogen (secondary N) is 2. The summed E-state index contributed by atoms with van der Waals surface area (Å²) < 4.78 is 0. The van der Waals surface area contributed by atoms with E-state index in [-0.39, 0.29) is 11.5 Å². The Morgan fingerprint density at radius 3 is 2.19 bits per heavy atom. The Labute approximate surface area is 118 Å². The maximum absolute atomic E-state index is 11.4. The quantitative estimate of drug-likeness (QED) is 0.230. The number of urea groups is 1. The summed E-state index contributed by atoms with van der Waals surface area (Å²) in [4.78, 5) is 33.7. The van der Waals surface area contributed by atoms with Crippen LogP contribution >= 0.6 is 0 Å². The van der Waals surface area contributed by atoms with Crippen LogP contribution in [-0.4, -0.2) is 33.2 Å². The van der Waals surface area contributed by atoms with Gasteiger partial charge in [-0.3, -0.25) is 20.2 Å². The van der Waals surface area contributed by atoms with Crippen LogP contribution in [0, 0.1) is 0 Å². The van der Waals surface area contributed by atoms with E-state index >= 15 is 0 Å². The number of rotatable bonds is 2. The molecule has 1 heterocycles. The second-order valence-electron chi connectivity index (χ2n) is 4.11. The molecule has 2 rings (SSSR count). The minimum atomic E-state index is -0.936. The zero-order valence-electron chi connectivity index (χ0n) is 10.5. The average molecular weight is 290 g/mol. The standard InChI is InChI=1S/C13H10N2O6/c16-7(3-6-1-2-9(17)10(18)4-6)5-8-11(19)14-13(21)15-12(8)20/h1-5,16-18H,(H2,14,15,19,20,21)/b7-3-. The van der Waals surface area contributed by atoms with Crippen molar-refractivity contribution < 1.29 is 29.7 Å². The van der Waals surface area contributed by atoms with E-state index in [1.807, 2.05) is 10.6 Å². The molecule has 4 amide bonds. The number of allylic oxidation sites excluding steroid dienone is 1. The molecule has 1 aliphatic rings. The van der Waals surface area contributed by atoms with Crippen LogP contribution in [0.15, 0.2) is 35.6 Å². The van der Waals surface area contributed by atoms with Crippen LogP contribution in [0.25, 0.3) is 6.08 Å². The van der Waals surface area contributed by atoms with Gasteiger partial charge in [-0.25, -0.2) is 4.79 Å². The van der Waals surface area contributed by atoms with E-state index in [0.717, 1.165) is 12.2 Å². The van der Waals surface area contributed by atoms with Crippen LogP contribution in [0.1, 0.15) is 5.56 Å². The van der Waals surface area contributed by atoms with Gasteiger partial charge in [0.05, 0.1) is 0 Å². The second-order valence-corrected chi connectivity index (χ2v) is 4.11. The van der Waals surface area contributed by atoms with Crippen LogP contribution in [0.3, 0.4) is 0 Å². The van der Waals surface area contributed by atoms with Crippen molar-refractivity contribution in [3.63, 3.8) is 0 Å². The summed E-state index contributed by atoms with van der Waals surface area (Å²) in [6, 6.07) is 2.84. The van der Waals surface area contributed by atoms with Gasteiger partial charge in [-0.05, 0) is 29.8 Å². The number of aliphatic hydroxyl groups excluding tert-OH is 1. The second kappa shape index (κ2) is 5.37. The number of phenolic OH excluding ortho intramolecular Hbond substituents is 2. The zero-order valence-corrected chi connectivity index (χ0v) is 10.5. The summed E-state index contributed by atoms with van der Waals surface area (Å²) in [6.07, 6.45) is 2.03. The van der Waals surface area contributed by atoms with E-state index in [9.17, 15) is 24.6 Å². The fourth-order valence-electron chi connectivity index (χ4n) is 1.60. The summed E-state index contributed by atoms with van der Waals surface area (Å²) in [5, 5.41) is 31.9. The number of barbiturate groups is 1. The number of amides is 4. The minimum Gasteiger partial charge on any atom is -0.508 e. The molecule has 1 saturated heterocycles. The van der Waals surface area contributed by atoms with Crippen molar-refractivity contribution >= 4 is 23.9 Å². The predicted molar refractivity (Wildman–Crippen MR) is 70.1 cm³/mol. The van der Waals surface area contributed by atoms with Gasteiger partial charge in [0, 0.05) is 0 Å².